The fraction of sp³-hybridized carbons (Fsp3) is 0.424. The van der Waals surface area contributed by atoms with Gasteiger partial charge in [0.1, 0.15) is 5.82 Å². The topological polar surface area (TPSA) is 103 Å². The minimum Gasteiger partial charge on any atom is -0.338 e. The molecule has 0 spiro atoms. The Bertz CT molecular complexity index is 1640. The van der Waals surface area contributed by atoms with E-state index in [1.54, 1.807) is 20.7 Å². The molecule has 11 heteroatoms. The van der Waals surface area contributed by atoms with E-state index >= 15 is 0 Å². The quantitative estimate of drug-likeness (QED) is 0.354. The van der Waals surface area contributed by atoms with E-state index in [-0.39, 0.29) is 17.8 Å². The average Bonchev–Trinajstić information content (AvgIpc) is 3.53. The third-order valence-electron chi connectivity index (χ3n) is 9.10. The van der Waals surface area contributed by atoms with Crippen LogP contribution in [0.3, 0.4) is 0 Å². The number of nitrogens with zero attached hydrogens (tertiary/aromatic N) is 6. The van der Waals surface area contributed by atoms with Gasteiger partial charge in [-0.2, -0.15) is 9.67 Å². The Kier molecular flexibility index (Phi) is 7.98. The first-order valence-corrected chi connectivity index (χ1v) is 15.4. The molecule has 6 rings (SSSR count). The molecule has 44 heavy (non-hydrogen) atoms. The highest BCUT2D eigenvalue weighted by molar-refractivity contribution is 6.08. The van der Waals surface area contributed by atoms with Crippen LogP contribution < -0.4 is 15.5 Å². The summed E-state index contributed by atoms with van der Waals surface area (Å²) < 4.78 is 4.47. The van der Waals surface area contributed by atoms with Gasteiger partial charge in [0.15, 0.2) is 19.1 Å². The molecule has 1 atom stereocenters. The molecule has 4 heterocycles. The number of hydrogen-bond donors (Lipinski definition) is 2. The molecule has 3 aliphatic heterocycles. The van der Waals surface area contributed by atoms with Crippen LogP contribution in [-0.4, -0.2) is 94.1 Å². The number of likely N-dealkylation sites (tertiary alicyclic amines) is 1. The van der Waals surface area contributed by atoms with Gasteiger partial charge in [-0.1, -0.05) is 18.2 Å². The van der Waals surface area contributed by atoms with Gasteiger partial charge in [0, 0.05) is 31.3 Å². The molecule has 230 valence electrons. The van der Waals surface area contributed by atoms with Crippen LogP contribution in [0.2, 0.25) is 0 Å². The minimum atomic E-state index is -0.438. The summed E-state index contributed by atoms with van der Waals surface area (Å²) in [6, 6.07) is 12.7. The van der Waals surface area contributed by atoms with E-state index in [9.17, 15) is 14.4 Å². The first-order chi connectivity index (χ1) is 21.1. The van der Waals surface area contributed by atoms with E-state index in [1.807, 2.05) is 67.2 Å². The number of anilines is 3. The van der Waals surface area contributed by atoms with Crippen molar-refractivity contribution in [3.8, 4) is 0 Å². The van der Waals surface area contributed by atoms with Gasteiger partial charge in [-0.3, -0.25) is 9.48 Å². The van der Waals surface area contributed by atoms with E-state index in [1.165, 1.54) is 0 Å². The second-order valence-electron chi connectivity index (χ2n) is 12.7. The molecule has 11 nitrogen and oxygen atoms in total. The summed E-state index contributed by atoms with van der Waals surface area (Å²) in [6.45, 7) is 5.74. The van der Waals surface area contributed by atoms with E-state index < -0.39 is 6.04 Å². The van der Waals surface area contributed by atoms with Crippen molar-refractivity contribution in [2.45, 2.75) is 45.3 Å². The number of para-hydroxylation sites is 2. The summed E-state index contributed by atoms with van der Waals surface area (Å²) in [7, 11) is 6.22. The van der Waals surface area contributed by atoms with Crippen LogP contribution in [0.5, 0.6) is 0 Å². The van der Waals surface area contributed by atoms with Gasteiger partial charge in [-0.05, 0) is 55.2 Å². The van der Waals surface area contributed by atoms with Gasteiger partial charge in [-0.15, -0.1) is 0 Å². The Labute approximate surface area is 258 Å². The lowest BCUT2D eigenvalue weighted by atomic mass is 10.0. The number of hydrogen-bond acceptors (Lipinski definition) is 5. The van der Waals surface area contributed by atoms with E-state index in [0.29, 0.717) is 38.2 Å². The minimum absolute atomic E-state index is 0.0160. The molecule has 2 aromatic carbocycles. The molecule has 1 saturated heterocycles. The van der Waals surface area contributed by atoms with Crippen LogP contribution in [0, 0.1) is 6.92 Å². The smallest absolute Gasteiger partial charge is 0.338 e. The lowest BCUT2D eigenvalue weighted by Gasteiger charge is -2.24. The van der Waals surface area contributed by atoms with E-state index in [4.69, 9.17) is 0 Å². The highest BCUT2D eigenvalue weighted by atomic mass is 16.2. The normalized spacial score (nSPS) is 19.2. The third kappa shape index (κ3) is 5.84. The molecule has 0 unspecified atom stereocenters. The number of aromatic nitrogens is 2. The Morgan fingerprint density at radius 1 is 1.14 bits per heavy atom. The van der Waals surface area contributed by atoms with Crippen LogP contribution in [0.15, 0.2) is 48.7 Å². The summed E-state index contributed by atoms with van der Waals surface area (Å²) >= 11 is 0. The number of nitrogens with one attached hydrogen (secondary N) is 2. The second kappa shape index (κ2) is 11.9. The maximum atomic E-state index is 13.9. The average molecular weight is 599 g/mol. The van der Waals surface area contributed by atoms with Crippen molar-refractivity contribution in [1.29, 1.82) is 0 Å². The molecular formula is C33H42N8O3+2. The van der Waals surface area contributed by atoms with Gasteiger partial charge in [0.25, 0.3) is 5.91 Å². The maximum Gasteiger partial charge on any atom is 0.409 e. The molecule has 3 aromatic rings. The Balaban J connectivity index is 1.13. The number of quaternary nitrogens is 1. The predicted molar refractivity (Wildman–Crippen MR) is 169 cm³/mol. The Morgan fingerprint density at radius 3 is 2.77 bits per heavy atom. The van der Waals surface area contributed by atoms with Crippen LogP contribution in [0.1, 0.15) is 46.3 Å². The van der Waals surface area contributed by atoms with Gasteiger partial charge >= 0.3 is 11.9 Å². The fourth-order valence-electron chi connectivity index (χ4n) is 6.42. The summed E-state index contributed by atoms with van der Waals surface area (Å²) in [5, 5.41) is 10.8. The Morgan fingerprint density at radius 2 is 1.95 bits per heavy atom. The summed E-state index contributed by atoms with van der Waals surface area (Å²) in [4.78, 5) is 44.1. The monoisotopic (exact) mass is 598 g/mol. The molecular weight excluding hydrogens is 556 g/mol. The van der Waals surface area contributed by atoms with Crippen molar-refractivity contribution in [2.75, 3.05) is 50.5 Å². The zero-order valence-electron chi connectivity index (χ0n) is 26.0. The molecule has 4 amide bonds. The molecule has 3 aliphatic rings. The zero-order valence-corrected chi connectivity index (χ0v) is 26.0. The first kappa shape index (κ1) is 29.6. The van der Waals surface area contributed by atoms with Crippen molar-refractivity contribution in [2.24, 2.45) is 7.05 Å². The standard InChI is InChI=1S/C33H41N8O3/c1-23-19-24(31(42)40-22-26-21-35-37(2)30(26)36-27-9-5-6-10-28(27)40)12-13-25(23)20-34-33(44)39-15-7-11-29(39)32(43)38-14-8-17-41(3,4)18-16-38/h5-6,9-10,12-13,16,19,21,29H,7-8,11,14-15,17-18,20,22H2,1-4H3,(H-,34,35,36,44)/q+1/p+1/t29-/m1/s1. The third-order valence-corrected chi connectivity index (χ3v) is 9.10. The molecule has 2 N–H and O–H groups in total. The summed E-state index contributed by atoms with van der Waals surface area (Å²) in [6.07, 6.45) is 6.23. The van der Waals surface area contributed by atoms with Crippen molar-refractivity contribution >= 4 is 41.3 Å². The number of urea groups is 1. The van der Waals surface area contributed by atoms with E-state index in [2.05, 4.69) is 29.8 Å². The van der Waals surface area contributed by atoms with E-state index in [0.717, 1.165) is 64.3 Å². The van der Waals surface area contributed by atoms with Crippen LogP contribution >= 0.6 is 0 Å². The number of benzene rings is 2. The molecule has 0 saturated carbocycles. The number of fused-ring (bicyclic) bond motifs is 2. The molecule has 1 aromatic heterocycles. The largest absolute Gasteiger partial charge is 0.409 e. The van der Waals surface area contributed by atoms with Crippen molar-refractivity contribution in [3.05, 3.63) is 70.9 Å². The number of aryl methyl sites for hydroxylation is 2. The lowest BCUT2D eigenvalue weighted by Crippen LogP contribution is -2.49. The molecule has 0 radical (unpaired) electrons. The molecule has 0 bridgehead atoms. The number of carbonyl (C=O) groups excluding carboxylic acids is 3. The number of rotatable bonds is 4. The van der Waals surface area contributed by atoms with Gasteiger partial charge < -0.3 is 24.9 Å². The van der Waals surface area contributed by atoms with Gasteiger partial charge in [0.05, 0.1) is 51.2 Å². The SMILES string of the molecule is Cc1cc(C(=O)N2Cc3cnn(C)c3Nc3ccccc32)ccc1CNC(=O)N1CCC[C@@H]1C(=O)[N+]1=CC[N+](C)(C)CCC1. The highest BCUT2D eigenvalue weighted by Gasteiger charge is 2.41. The van der Waals surface area contributed by atoms with Crippen LogP contribution in [0.25, 0.3) is 0 Å². The summed E-state index contributed by atoms with van der Waals surface area (Å²) in [5.41, 5.74) is 4.98. The van der Waals surface area contributed by atoms with Crippen molar-refractivity contribution in [3.63, 3.8) is 0 Å². The molecule has 0 aliphatic carbocycles. The fourth-order valence-corrected chi connectivity index (χ4v) is 6.42. The summed E-state index contributed by atoms with van der Waals surface area (Å²) in [5.74, 6) is 0.771. The van der Waals surface area contributed by atoms with Crippen LogP contribution in [-0.2, 0) is 24.9 Å². The predicted octanol–water partition coefficient (Wildman–Crippen LogP) is 3.40. The van der Waals surface area contributed by atoms with Crippen molar-refractivity contribution in [1.82, 2.24) is 20.0 Å². The number of carbonyl (C=O) groups is 3. The second-order valence-corrected chi connectivity index (χ2v) is 12.7. The highest BCUT2D eigenvalue weighted by Crippen LogP contribution is 2.36. The van der Waals surface area contributed by atoms with Crippen LogP contribution in [0.4, 0.5) is 22.0 Å². The molecule has 1 fully saturated rings. The van der Waals surface area contributed by atoms with Crippen molar-refractivity contribution < 1.29 is 23.4 Å². The lowest BCUT2D eigenvalue weighted by molar-refractivity contribution is -0.880. The zero-order chi connectivity index (χ0) is 31.0. The van der Waals surface area contributed by atoms with Gasteiger partial charge in [0.2, 0.25) is 6.21 Å². The first-order valence-electron chi connectivity index (χ1n) is 15.4. The Hall–Kier alpha value is -4.51. The van der Waals surface area contributed by atoms with Gasteiger partial charge in [-0.25, -0.2) is 9.59 Å². The number of amides is 4. The maximum absolute atomic E-state index is 13.9.